The standard InChI is InChI=1S/C20H21FN2O3.K/c21-19-12-17(13-22)5-6-18(19)15-26-11-3-1-2-4-16-7-9-23(10-8-16)14-20(24)25;/h1-6,12,16H,7-10,14-15H2,(H,24,25);/q-2;+1/b2-1-;. The van der Waals surface area contributed by atoms with Crippen LogP contribution in [0.15, 0.2) is 36.4 Å². The second-order valence-electron chi connectivity index (χ2n) is 6.08. The maximum absolute atomic E-state index is 13.6. The van der Waals surface area contributed by atoms with Crippen molar-refractivity contribution in [2.75, 3.05) is 19.6 Å². The minimum Gasteiger partial charge on any atom is -0.589 e. The average molecular weight is 395 g/mol. The summed E-state index contributed by atoms with van der Waals surface area (Å²) in [7, 11) is 0. The predicted octanol–water partition coefficient (Wildman–Crippen LogP) is 0.0920. The van der Waals surface area contributed by atoms with Gasteiger partial charge in [0.05, 0.1) is 24.8 Å². The summed E-state index contributed by atoms with van der Waals surface area (Å²) >= 11 is 0. The number of carboxylic acids is 1. The van der Waals surface area contributed by atoms with Crippen LogP contribution in [0.5, 0.6) is 0 Å². The number of carbonyl (C=O) groups is 1. The van der Waals surface area contributed by atoms with Crippen LogP contribution in [0, 0.1) is 35.7 Å². The number of allylic oxidation sites excluding steroid dienone is 3. The van der Waals surface area contributed by atoms with Crippen LogP contribution in [-0.4, -0.2) is 35.6 Å². The van der Waals surface area contributed by atoms with Crippen LogP contribution >= 0.6 is 0 Å². The van der Waals surface area contributed by atoms with Gasteiger partial charge in [-0.2, -0.15) is 5.26 Å². The Hall–Kier alpha value is -1.14. The Morgan fingerprint density at radius 2 is 2.22 bits per heavy atom. The third-order valence-corrected chi connectivity index (χ3v) is 4.14. The van der Waals surface area contributed by atoms with E-state index < -0.39 is 11.8 Å². The van der Waals surface area contributed by atoms with Crippen LogP contribution in [0.1, 0.15) is 24.0 Å². The molecule has 0 saturated carbocycles. The van der Waals surface area contributed by atoms with Crippen molar-refractivity contribution in [1.82, 2.24) is 4.90 Å². The van der Waals surface area contributed by atoms with Crippen molar-refractivity contribution in [3.8, 4) is 6.07 Å². The molecule has 0 amide bonds. The van der Waals surface area contributed by atoms with E-state index in [1.165, 1.54) is 12.1 Å². The molecule has 1 saturated heterocycles. The van der Waals surface area contributed by atoms with Gasteiger partial charge in [-0.05, 0) is 38.1 Å². The zero-order valence-electron chi connectivity index (χ0n) is 15.4. The number of hydrogen-bond acceptors (Lipinski definition) is 4. The van der Waals surface area contributed by atoms with Crippen LogP contribution in [0.3, 0.4) is 0 Å². The Kier molecular flexibility index (Phi) is 11.6. The van der Waals surface area contributed by atoms with Gasteiger partial charge < -0.3 is 9.84 Å². The summed E-state index contributed by atoms with van der Waals surface area (Å²) in [5, 5.41) is 17.5. The summed E-state index contributed by atoms with van der Waals surface area (Å²) in [4.78, 5) is 12.6. The molecule has 27 heavy (non-hydrogen) atoms. The maximum Gasteiger partial charge on any atom is 1.00 e. The van der Waals surface area contributed by atoms with Crippen LogP contribution in [0.2, 0.25) is 0 Å². The Morgan fingerprint density at radius 1 is 1.48 bits per heavy atom. The van der Waals surface area contributed by atoms with Crippen LogP contribution in [-0.2, 0) is 16.1 Å². The van der Waals surface area contributed by atoms with Crippen molar-refractivity contribution in [2.45, 2.75) is 19.4 Å². The number of ether oxygens (including phenoxy) is 1. The maximum atomic E-state index is 13.6. The van der Waals surface area contributed by atoms with Gasteiger partial charge >= 0.3 is 57.4 Å². The molecule has 1 heterocycles. The van der Waals surface area contributed by atoms with Crippen LogP contribution in [0.25, 0.3) is 0 Å². The van der Waals surface area contributed by atoms with Gasteiger partial charge in [0, 0.05) is 5.56 Å². The van der Waals surface area contributed by atoms with Gasteiger partial charge in [0.15, 0.2) is 0 Å². The van der Waals surface area contributed by atoms with Gasteiger partial charge in [-0.15, -0.1) is 0 Å². The number of nitriles is 1. The molecule has 7 heteroatoms. The smallest absolute Gasteiger partial charge is 0.589 e. The molecule has 1 aromatic carbocycles. The van der Waals surface area contributed by atoms with Crippen molar-refractivity contribution in [3.05, 3.63) is 66.1 Å². The number of piperidine rings is 1. The number of likely N-dealkylation sites (tertiary alicyclic amines) is 1. The van der Waals surface area contributed by atoms with E-state index in [2.05, 4.69) is 12.7 Å². The van der Waals surface area contributed by atoms with E-state index in [4.69, 9.17) is 15.1 Å². The Morgan fingerprint density at radius 3 is 2.85 bits per heavy atom. The molecule has 1 fully saturated rings. The number of rotatable bonds is 8. The molecule has 0 aliphatic carbocycles. The van der Waals surface area contributed by atoms with Crippen LogP contribution < -0.4 is 51.4 Å². The summed E-state index contributed by atoms with van der Waals surface area (Å²) in [5.74, 6) is -0.809. The molecule has 1 aliphatic heterocycles. The Balaban J connectivity index is 0.00000364. The van der Waals surface area contributed by atoms with E-state index in [9.17, 15) is 9.18 Å². The van der Waals surface area contributed by atoms with Crippen molar-refractivity contribution < 1.29 is 70.4 Å². The zero-order valence-corrected chi connectivity index (χ0v) is 18.5. The molecule has 1 aromatic rings. The molecule has 138 valence electrons. The van der Waals surface area contributed by atoms with E-state index in [1.807, 2.05) is 17.0 Å². The first-order valence-corrected chi connectivity index (χ1v) is 8.42. The summed E-state index contributed by atoms with van der Waals surface area (Å²) in [6, 6.07) is 6.13. The van der Waals surface area contributed by atoms with Crippen molar-refractivity contribution >= 4 is 5.97 Å². The van der Waals surface area contributed by atoms with Gasteiger partial charge in [-0.3, -0.25) is 9.69 Å². The van der Waals surface area contributed by atoms with E-state index in [0.29, 0.717) is 11.5 Å². The van der Waals surface area contributed by atoms with E-state index in [-0.39, 0.29) is 70.1 Å². The van der Waals surface area contributed by atoms with Crippen molar-refractivity contribution in [1.29, 1.82) is 5.26 Å². The topological polar surface area (TPSA) is 73.6 Å². The number of nitrogens with zero attached hydrogens (tertiary/aromatic N) is 2. The van der Waals surface area contributed by atoms with Gasteiger partial charge in [-0.25, -0.2) is 29.0 Å². The Labute approximate surface area is 201 Å². The number of hydrogen-bond donors (Lipinski definition) is 1. The van der Waals surface area contributed by atoms with E-state index >= 15 is 0 Å². The summed E-state index contributed by atoms with van der Waals surface area (Å²) in [5.41, 5.74) is 0.645. The molecule has 0 spiro atoms. The summed E-state index contributed by atoms with van der Waals surface area (Å²) in [6.45, 7) is 1.75. The first-order valence-electron chi connectivity index (χ1n) is 8.42. The molecule has 1 aliphatic rings. The Bertz CT molecular complexity index is 708. The normalized spacial score (nSPS) is 15.4. The minimum atomic E-state index is -0.783. The van der Waals surface area contributed by atoms with Gasteiger partial charge in [0.25, 0.3) is 0 Å². The van der Waals surface area contributed by atoms with Crippen LogP contribution in [0.4, 0.5) is 4.39 Å². The zero-order chi connectivity index (χ0) is 18.8. The number of benzene rings is 1. The monoisotopic (exact) mass is 395 g/mol. The molecule has 1 N–H and O–H groups in total. The first kappa shape index (κ1) is 23.9. The molecule has 0 bridgehead atoms. The average Bonchev–Trinajstić information content (AvgIpc) is 2.63. The SMILES string of the molecule is N#Cc1ccc(CO[C-]=C/C=C\[CH-]C2CCN(CC(=O)O)CC2)c(F)c1.[K+]. The summed E-state index contributed by atoms with van der Waals surface area (Å²) in [6.07, 6.45) is 11.9. The van der Waals surface area contributed by atoms with Gasteiger partial charge in [0.1, 0.15) is 5.82 Å². The fourth-order valence-electron chi connectivity index (χ4n) is 2.71. The number of carboxylic acid groups (broad SMARTS) is 1. The fourth-order valence-corrected chi connectivity index (χ4v) is 2.71. The molecule has 5 nitrogen and oxygen atoms in total. The molecule has 0 aromatic heterocycles. The molecule has 0 radical (unpaired) electrons. The predicted molar refractivity (Wildman–Crippen MR) is 94.0 cm³/mol. The third-order valence-electron chi connectivity index (χ3n) is 4.14. The minimum absolute atomic E-state index is 0. The second-order valence-corrected chi connectivity index (χ2v) is 6.08. The number of aliphatic carboxylic acids is 1. The third kappa shape index (κ3) is 9.06. The fraction of sp³-hybridized carbons (Fsp3) is 0.350. The molecule has 0 atom stereocenters. The molecule has 0 unspecified atom stereocenters. The van der Waals surface area contributed by atoms with Crippen molar-refractivity contribution in [3.63, 3.8) is 0 Å². The summed E-state index contributed by atoms with van der Waals surface area (Å²) < 4.78 is 18.8. The largest absolute Gasteiger partial charge is 1.00 e. The molecular formula is C20H21FKN2O3-. The van der Waals surface area contributed by atoms with E-state index in [1.54, 1.807) is 18.2 Å². The first-order chi connectivity index (χ1) is 12.6. The quantitative estimate of drug-likeness (QED) is 0.292. The van der Waals surface area contributed by atoms with Crippen molar-refractivity contribution in [2.24, 2.45) is 5.92 Å². The van der Waals surface area contributed by atoms with E-state index in [0.717, 1.165) is 25.9 Å². The molecular weight excluding hydrogens is 374 g/mol. The molecule has 2 rings (SSSR count). The van der Waals surface area contributed by atoms with Gasteiger partial charge in [0.2, 0.25) is 0 Å². The second kappa shape index (κ2) is 13.1. The number of halogens is 1. The van der Waals surface area contributed by atoms with Gasteiger partial charge in [-0.1, -0.05) is 18.2 Å².